The fraction of sp³-hybridized carbons (Fsp3) is 0.143. The van der Waals surface area contributed by atoms with Gasteiger partial charge in [0, 0.05) is 15.9 Å². The number of halogens is 5. The van der Waals surface area contributed by atoms with Crippen molar-refractivity contribution in [1.82, 2.24) is 0 Å². The van der Waals surface area contributed by atoms with Gasteiger partial charge in [0.1, 0.15) is 0 Å². The average molecular weight is 350 g/mol. The van der Waals surface area contributed by atoms with Gasteiger partial charge < -0.3 is 0 Å². The van der Waals surface area contributed by atoms with Gasteiger partial charge >= 0.3 is 6.18 Å². The number of hydrogen-bond acceptors (Lipinski definition) is 0. The predicted molar refractivity (Wildman–Crippen MR) is 74.5 cm³/mol. The van der Waals surface area contributed by atoms with Gasteiger partial charge in [0.25, 0.3) is 0 Å². The molecule has 100 valence electrons. The number of benzene rings is 2. The molecule has 0 N–H and O–H groups in total. The maximum Gasteiger partial charge on any atom is 0.416 e. The summed E-state index contributed by atoms with van der Waals surface area (Å²) in [6.45, 7) is 0. The molecule has 0 aliphatic carbocycles. The Kier molecular flexibility index (Phi) is 4.21. The molecular formula is C14H9BrClF3. The van der Waals surface area contributed by atoms with E-state index in [1.807, 2.05) is 12.1 Å². The molecule has 0 aromatic heterocycles. The van der Waals surface area contributed by atoms with Gasteiger partial charge in [-0.15, -0.1) is 0 Å². The Morgan fingerprint density at radius 3 is 2.16 bits per heavy atom. The molecule has 0 amide bonds. The number of hydrogen-bond donors (Lipinski definition) is 0. The van der Waals surface area contributed by atoms with Crippen molar-refractivity contribution < 1.29 is 13.2 Å². The van der Waals surface area contributed by atoms with Crippen LogP contribution in [0.1, 0.15) is 11.1 Å². The molecule has 0 aliphatic rings. The molecule has 0 radical (unpaired) electrons. The quantitative estimate of drug-likeness (QED) is 0.590. The first-order chi connectivity index (χ1) is 8.91. The van der Waals surface area contributed by atoms with Gasteiger partial charge in [0.15, 0.2) is 0 Å². The van der Waals surface area contributed by atoms with E-state index in [2.05, 4.69) is 15.9 Å². The summed E-state index contributed by atoms with van der Waals surface area (Å²) in [5.74, 6) is 0. The second-order valence-corrected chi connectivity index (χ2v) is 4.99. The molecule has 2 aromatic rings. The second kappa shape index (κ2) is 5.55. The molecule has 0 spiro atoms. The van der Waals surface area contributed by atoms with Crippen LogP contribution in [0.4, 0.5) is 13.2 Å². The Balaban J connectivity index is 2.42. The summed E-state index contributed by atoms with van der Waals surface area (Å²) >= 11 is 9.41. The highest BCUT2D eigenvalue weighted by Gasteiger charge is 2.30. The van der Waals surface area contributed by atoms with Crippen LogP contribution in [0, 0.1) is 0 Å². The van der Waals surface area contributed by atoms with Gasteiger partial charge in [-0.2, -0.15) is 13.2 Å². The molecule has 2 rings (SSSR count). The van der Waals surface area contributed by atoms with E-state index in [1.165, 1.54) is 12.1 Å². The van der Waals surface area contributed by atoms with E-state index in [4.69, 9.17) is 11.6 Å². The molecule has 0 saturated carbocycles. The Morgan fingerprint density at radius 2 is 1.63 bits per heavy atom. The maximum absolute atomic E-state index is 12.5. The highest BCUT2D eigenvalue weighted by Crippen LogP contribution is 2.33. The van der Waals surface area contributed by atoms with E-state index in [1.54, 1.807) is 6.07 Å². The topological polar surface area (TPSA) is 0 Å². The SMILES string of the molecule is FC(F)(F)c1ccc(-c2cc(CBr)ccc2Cl)cc1. The summed E-state index contributed by atoms with van der Waals surface area (Å²) in [7, 11) is 0. The standard InChI is InChI=1S/C14H9BrClF3/c15-8-9-1-6-13(16)12(7-9)10-2-4-11(5-3-10)14(17,18)19/h1-7H,8H2. The zero-order valence-corrected chi connectivity index (χ0v) is 12.0. The molecule has 0 unspecified atom stereocenters. The molecule has 2 aromatic carbocycles. The summed E-state index contributed by atoms with van der Waals surface area (Å²) < 4.78 is 37.5. The van der Waals surface area contributed by atoms with Gasteiger partial charge in [0.2, 0.25) is 0 Å². The normalized spacial score (nSPS) is 11.6. The molecule has 0 saturated heterocycles. The van der Waals surface area contributed by atoms with Crippen LogP contribution in [0.2, 0.25) is 5.02 Å². The van der Waals surface area contributed by atoms with E-state index >= 15 is 0 Å². The zero-order valence-electron chi connectivity index (χ0n) is 9.64. The maximum atomic E-state index is 12.5. The van der Waals surface area contributed by atoms with Crippen molar-refractivity contribution in [2.24, 2.45) is 0 Å². The lowest BCUT2D eigenvalue weighted by Crippen LogP contribution is -2.04. The molecule has 0 aliphatic heterocycles. The van der Waals surface area contributed by atoms with Crippen molar-refractivity contribution in [2.75, 3.05) is 0 Å². The molecule has 0 atom stereocenters. The third kappa shape index (κ3) is 3.31. The van der Waals surface area contributed by atoms with Gasteiger partial charge in [-0.05, 0) is 35.4 Å². The van der Waals surface area contributed by atoms with Crippen LogP contribution < -0.4 is 0 Å². The number of rotatable bonds is 2. The Morgan fingerprint density at radius 1 is 1.00 bits per heavy atom. The summed E-state index contributed by atoms with van der Waals surface area (Å²) in [6.07, 6.45) is -4.32. The van der Waals surface area contributed by atoms with Crippen molar-refractivity contribution in [1.29, 1.82) is 0 Å². The lowest BCUT2D eigenvalue weighted by molar-refractivity contribution is -0.137. The third-order valence-electron chi connectivity index (χ3n) is 2.71. The second-order valence-electron chi connectivity index (χ2n) is 4.02. The fourth-order valence-corrected chi connectivity index (χ4v) is 2.29. The number of alkyl halides is 4. The van der Waals surface area contributed by atoms with Crippen molar-refractivity contribution in [3.63, 3.8) is 0 Å². The van der Waals surface area contributed by atoms with E-state index in [9.17, 15) is 13.2 Å². The molecule has 0 nitrogen and oxygen atoms in total. The van der Waals surface area contributed by atoms with Crippen LogP contribution in [0.5, 0.6) is 0 Å². The zero-order chi connectivity index (χ0) is 14.0. The summed E-state index contributed by atoms with van der Waals surface area (Å²) in [5.41, 5.74) is 1.75. The minimum Gasteiger partial charge on any atom is -0.166 e. The van der Waals surface area contributed by atoms with Crippen molar-refractivity contribution >= 4 is 27.5 Å². The first-order valence-corrected chi connectivity index (χ1v) is 6.94. The van der Waals surface area contributed by atoms with E-state index < -0.39 is 11.7 Å². The van der Waals surface area contributed by atoms with Crippen LogP contribution in [-0.4, -0.2) is 0 Å². The highest BCUT2D eigenvalue weighted by atomic mass is 79.9. The van der Waals surface area contributed by atoms with Gasteiger partial charge in [-0.1, -0.05) is 45.7 Å². The van der Waals surface area contributed by atoms with Crippen LogP contribution in [-0.2, 0) is 11.5 Å². The van der Waals surface area contributed by atoms with Crippen LogP contribution in [0.15, 0.2) is 42.5 Å². The minimum atomic E-state index is -4.32. The molecule has 0 fully saturated rings. The Labute approximate surface area is 122 Å². The minimum absolute atomic E-state index is 0.518. The van der Waals surface area contributed by atoms with E-state index in [0.29, 0.717) is 15.9 Å². The van der Waals surface area contributed by atoms with Gasteiger partial charge in [0.05, 0.1) is 5.56 Å². The molecular weight excluding hydrogens is 341 g/mol. The van der Waals surface area contributed by atoms with Crippen LogP contribution >= 0.6 is 27.5 Å². The Bertz CT molecular complexity index is 576. The highest BCUT2D eigenvalue weighted by molar-refractivity contribution is 9.08. The summed E-state index contributed by atoms with van der Waals surface area (Å²) in [4.78, 5) is 0. The lowest BCUT2D eigenvalue weighted by atomic mass is 10.0. The van der Waals surface area contributed by atoms with E-state index in [0.717, 1.165) is 23.3 Å². The van der Waals surface area contributed by atoms with Crippen molar-refractivity contribution in [3.8, 4) is 11.1 Å². The molecule has 5 heteroatoms. The lowest BCUT2D eigenvalue weighted by Gasteiger charge is -2.09. The van der Waals surface area contributed by atoms with Crippen LogP contribution in [0.3, 0.4) is 0 Å². The fourth-order valence-electron chi connectivity index (χ4n) is 1.72. The first-order valence-electron chi connectivity index (χ1n) is 5.44. The van der Waals surface area contributed by atoms with Crippen molar-refractivity contribution in [3.05, 3.63) is 58.6 Å². The largest absolute Gasteiger partial charge is 0.416 e. The Hall–Kier alpha value is -1.00. The van der Waals surface area contributed by atoms with Gasteiger partial charge in [-0.25, -0.2) is 0 Å². The van der Waals surface area contributed by atoms with Crippen molar-refractivity contribution in [2.45, 2.75) is 11.5 Å². The smallest absolute Gasteiger partial charge is 0.166 e. The molecule has 0 heterocycles. The van der Waals surface area contributed by atoms with Crippen LogP contribution in [0.25, 0.3) is 11.1 Å². The van der Waals surface area contributed by atoms with Gasteiger partial charge in [-0.3, -0.25) is 0 Å². The average Bonchev–Trinajstić information content (AvgIpc) is 2.38. The summed E-state index contributed by atoms with van der Waals surface area (Å²) in [5, 5.41) is 1.18. The molecule has 0 bridgehead atoms. The predicted octanol–water partition coefficient (Wildman–Crippen LogP) is 5.92. The van der Waals surface area contributed by atoms with E-state index in [-0.39, 0.29) is 0 Å². The monoisotopic (exact) mass is 348 g/mol. The molecule has 19 heavy (non-hydrogen) atoms. The third-order valence-corrected chi connectivity index (χ3v) is 3.69. The summed E-state index contributed by atoms with van der Waals surface area (Å²) in [6, 6.07) is 10.5. The first kappa shape index (κ1) is 14.4.